The summed E-state index contributed by atoms with van der Waals surface area (Å²) >= 11 is 0. The van der Waals surface area contributed by atoms with Gasteiger partial charge in [-0.25, -0.2) is 5.43 Å². The van der Waals surface area contributed by atoms with E-state index in [-0.39, 0.29) is 10.8 Å². The number of azo groups is 1. The zero-order valence-corrected chi connectivity index (χ0v) is 10.6. The van der Waals surface area contributed by atoms with Crippen molar-refractivity contribution in [1.29, 1.82) is 0 Å². The summed E-state index contributed by atoms with van der Waals surface area (Å²) in [4.78, 5) is 11.1. The molecular weight excluding hydrogens is 272 g/mol. The summed E-state index contributed by atoms with van der Waals surface area (Å²) in [6.07, 6.45) is 0. The second kappa shape index (κ2) is 4.86. The molecule has 1 atom stereocenters. The first-order valence-electron chi connectivity index (χ1n) is 5.20. The Morgan fingerprint density at radius 3 is 2.42 bits per heavy atom. The number of hydrazone groups is 1. The number of hydrogen-bond donors (Lipinski definition) is 2. The van der Waals surface area contributed by atoms with E-state index in [4.69, 9.17) is 4.55 Å². The summed E-state index contributed by atoms with van der Waals surface area (Å²) in [6, 6.07) is 4.36. The molecule has 0 saturated heterocycles. The van der Waals surface area contributed by atoms with Gasteiger partial charge >= 0.3 is 0 Å². The van der Waals surface area contributed by atoms with Crippen molar-refractivity contribution in [3.05, 3.63) is 24.3 Å². The van der Waals surface area contributed by atoms with Gasteiger partial charge in [0.2, 0.25) is 0 Å². The lowest BCUT2D eigenvalue weighted by Gasteiger charge is -1.99. The van der Waals surface area contributed by atoms with Crippen LogP contribution in [0.25, 0.3) is 0 Å². The lowest BCUT2D eigenvalue weighted by Crippen LogP contribution is -2.25. The summed E-state index contributed by atoms with van der Waals surface area (Å²) in [5, 5.41) is 11.3. The van der Waals surface area contributed by atoms with Crippen molar-refractivity contribution in [3.63, 3.8) is 0 Å². The van der Waals surface area contributed by atoms with Crippen LogP contribution in [-0.2, 0) is 14.9 Å². The van der Waals surface area contributed by atoms with E-state index in [1.54, 1.807) is 6.92 Å². The third-order valence-electron chi connectivity index (χ3n) is 2.41. The van der Waals surface area contributed by atoms with Gasteiger partial charge in [-0.3, -0.25) is 9.35 Å². The molecule has 1 aromatic rings. The monoisotopic (exact) mass is 282 g/mol. The fourth-order valence-electron chi connectivity index (χ4n) is 1.40. The molecule has 9 heteroatoms. The van der Waals surface area contributed by atoms with E-state index in [1.807, 2.05) is 0 Å². The Morgan fingerprint density at radius 2 is 1.95 bits per heavy atom. The Hall–Kier alpha value is -2.13. The quantitative estimate of drug-likeness (QED) is 0.631. The Balaban J connectivity index is 2.16. The number of carbonyl (C=O) groups excluding carboxylic acids is 1. The van der Waals surface area contributed by atoms with Crippen molar-refractivity contribution in [2.45, 2.75) is 17.9 Å². The van der Waals surface area contributed by atoms with E-state index < -0.39 is 16.2 Å². The molecule has 8 nitrogen and oxygen atoms in total. The molecule has 2 rings (SSSR count). The zero-order valence-electron chi connectivity index (χ0n) is 9.81. The number of nitrogens with zero attached hydrogens (tertiary/aromatic N) is 3. The Labute approximate surface area is 109 Å². The first kappa shape index (κ1) is 13.3. The molecule has 1 aliphatic rings. The Bertz CT molecular complexity index is 663. The average Bonchev–Trinajstić information content (AvgIpc) is 2.66. The van der Waals surface area contributed by atoms with Crippen molar-refractivity contribution in [2.75, 3.05) is 0 Å². The highest BCUT2D eigenvalue weighted by molar-refractivity contribution is 7.85. The van der Waals surface area contributed by atoms with E-state index in [1.165, 1.54) is 24.3 Å². The highest BCUT2D eigenvalue weighted by Gasteiger charge is 2.26. The molecule has 0 bridgehead atoms. The second-order valence-corrected chi connectivity index (χ2v) is 5.24. The lowest BCUT2D eigenvalue weighted by molar-refractivity contribution is -0.120. The highest BCUT2D eigenvalue weighted by Crippen LogP contribution is 2.17. The van der Waals surface area contributed by atoms with Crippen LogP contribution in [0, 0.1) is 0 Å². The van der Waals surface area contributed by atoms with E-state index in [0.717, 1.165) is 0 Å². The Morgan fingerprint density at radius 1 is 1.32 bits per heavy atom. The van der Waals surface area contributed by atoms with Gasteiger partial charge in [0.25, 0.3) is 16.0 Å². The van der Waals surface area contributed by atoms with Gasteiger partial charge < -0.3 is 0 Å². The number of rotatable bonds is 3. The molecule has 0 aliphatic carbocycles. The van der Waals surface area contributed by atoms with Crippen LogP contribution in [0.15, 0.2) is 44.5 Å². The third-order valence-corrected chi connectivity index (χ3v) is 3.28. The van der Waals surface area contributed by atoms with E-state index in [2.05, 4.69) is 20.8 Å². The predicted octanol–water partition coefficient (Wildman–Crippen LogP) is 0.891. The molecule has 0 fully saturated rings. The number of carbonyl (C=O) groups is 1. The van der Waals surface area contributed by atoms with E-state index >= 15 is 0 Å². The second-order valence-electron chi connectivity index (χ2n) is 3.82. The minimum atomic E-state index is -4.22. The average molecular weight is 282 g/mol. The molecule has 0 saturated carbocycles. The van der Waals surface area contributed by atoms with Crippen molar-refractivity contribution >= 4 is 27.4 Å². The normalized spacial score (nSPS) is 19.6. The van der Waals surface area contributed by atoms with Crippen LogP contribution in [0.2, 0.25) is 0 Å². The molecule has 0 spiro atoms. The van der Waals surface area contributed by atoms with Crippen LogP contribution in [0.4, 0.5) is 5.69 Å². The molecule has 1 heterocycles. The maximum Gasteiger partial charge on any atom is 0.294 e. The van der Waals surface area contributed by atoms with Gasteiger partial charge in [-0.1, -0.05) is 0 Å². The molecule has 19 heavy (non-hydrogen) atoms. The van der Waals surface area contributed by atoms with Crippen LogP contribution in [0.5, 0.6) is 0 Å². The zero-order chi connectivity index (χ0) is 14.0. The highest BCUT2D eigenvalue weighted by atomic mass is 32.2. The van der Waals surface area contributed by atoms with Gasteiger partial charge in [0.05, 0.1) is 16.3 Å². The molecule has 2 N–H and O–H groups in total. The maximum absolute atomic E-state index is 11.3. The predicted molar refractivity (Wildman–Crippen MR) is 65.8 cm³/mol. The van der Waals surface area contributed by atoms with Crippen LogP contribution < -0.4 is 5.43 Å². The van der Waals surface area contributed by atoms with Crippen molar-refractivity contribution < 1.29 is 17.8 Å². The fourth-order valence-corrected chi connectivity index (χ4v) is 1.88. The molecule has 1 unspecified atom stereocenters. The minimum Gasteiger partial charge on any atom is -0.282 e. The Kier molecular flexibility index (Phi) is 3.40. The third kappa shape index (κ3) is 3.01. The van der Waals surface area contributed by atoms with Gasteiger partial charge in [0, 0.05) is 0 Å². The molecule has 1 amide bonds. The summed E-state index contributed by atoms with van der Waals surface area (Å²) in [5.74, 6) is -0.365. The smallest absolute Gasteiger partial charge is 0.282 e. The molecule has 0 aromatic heterocycles. The summed E-state index contributed by atoms with van der Waals surface area (Å²) in [6.45, 7) is 1.64. The molecule has 1 aliphatic heterocycles. The molecule has 100 valence electrons. The fraction of sp³-hybridized carbons (Fsp3) is 0.200. The van der Waals surface area contributed by atoms with Gasteiger partial charge in [0.15, 0.2) is 6.04 Å². The number of hydrogen-bond acceptors (Lipinski definition) is 6. The lowest BCUT2D eigenvalue weighted by atomic mass is 10.2. The van der Waals surface area contributed by atoms with Gasteiger partial charge in [-0.05, 0) is 31.2 Å². The summed E-state index contributed by atoms with van der Waals surface area (Å²) in [5.41, 5.74) is 3.13. The van der Waals surface area contributed by atoms with Gasteiger partial charge in [-0.15, -0.1) is 0 Å². The number of benzene rings is 1. The first-order chi connectivity index (χ1) is 8.88. The SMILES string of the molecule is CC1=NNC(=O)C1N=Nc1ccc(S(=O)(=O)O)cc1. The standard InChI is InChI=1S/C10H10N4O4S/c1-6-9(10(15)14-11-6)13-12-7-2-4-8(5-3-7)19(16,17)18/h2-5,9H,1H3,(H,14,15)(H,16,17,18). The van der Waals surface area contributed by atoms with Crippen LogP contribution in [-0.4, -0.2) is 30.6 Å². The first-order valence-corrected chi connectivity index (χ1v) is 6.64. The maximum atomic E-state index is 11.3. The van der Waals surface area contributed by atoms with Gasteiger partial charge in [0.1, 0.15) is 0 Å². The summed E-state index contributed by atoms with van der Waals surface area (Å²) in [7, 11) is -4.22. The van der Waals surface area contributed by atoms with Crippen molar-refractivity contribution in [3.8, 4) is 0 Å². The van der Waals surface area contributed by atoms with E-state index in [9.17, 15) is 13.2 Å². The van der Waals surface area contributed by atoms with Gasteiger partial charge in [-0.2, -0.15) is 23.7 Å². The largest absolute Gasteiger partial charge is 0.294 e. The van der Waals surface area contributed by atoms with E-state index in [0.29, 0.717) is 11.4 Å². The van der Waals surface area contributed by atoms with Crippen LogP contribution in [0.1, 0.15) is 6.92 Å². The summed E-state index contributed by atoms with van der Waals surface area (Å²) < 4.78 is 30.5. The number of amides is 1. The minimum absolute atomic E-state index is 0.234. The number of nitrogens with one attached hydrogen (secondary N) is 1. The van der Waals surface area contributed by atoms with Crippen LogP contribution >= 0.6 is 0 Å². The van der Waals surface area contributed by atoms with Crippen LogP contribution in [0.3, 0.4) is 0 Å². The van der Waals surface area contributed by atoms with Crippen molar-refractivity contribution in [1.82, 2.24) is 5.43 Å². The molecule has 0 radical (unpaired) electrons. The topological polar surface area (TPSA) is 121 Å². The molecular formula is C10H10N4O4S. The molecule has 1 aromatic carbocycles. The van der Waals surface area contributed by atoms with Crippen molar-refractivity contribution in [2.24, 2.45) is 15.3 Å².